The first-order valence-corrected chi connectivity index (χ1v) is 5.96. The lowest BCUT2D eigenvalue weighted by Crippen LogP contribution is -2.50. The van der Waals surface area contributed by atoms with Crippen LogP contribution in [0, 0.1) is 5.92 Å². The van der Waals surface area contributed by atoms with Gasteiger partial charge in [0.05, 0.1) is 0 Å². The average Bonchev–Trinajstić information content (AvgIpc) is 2.37. The Morgan fingerprint density at radius 3 is 2.70 bits per heavy atom. The van der Waals surface area contributed by atoms with Crippen molar-refractivity contribution in [2.24, 2.45) is 5.92 Å². The molecule has 2 heterocycles. The predicted molar refractivity (Wildman–Crippen MR) is 65.4 cm³/mol. The summed E-state index contributed by atoms with van der Waals surface area (Å²) < 4.78 is 38.0. The van der Waals surface area contributed by atoms with Gasteiger partial charge in [-0.1, -0.05) is 13.8 Å². The minimum Gasteiger partial charge on any atom is -0.329 e. The third-order valence-electron chi connectivity index (χ3n) is 2.82. The summed E-state index contributed by atoms with van der Waals surface area (Å²) in [5, 5.41) is 2.52. The van der Waals surface area contributed by atoms with Crippen molar-refractivity contribution in [1.82, 2.24) is 15.3 Å². The Bertz CT molecular complexity index is 542. The molecule has 108 valence electrons. The van der Waals surface area contributed by atoms with E-state index in [9.17, 15) is 18.0 Å². The number of carbonyl (C=O) groups excluding carboxylic acids is 1. The van der Waals surface area contributed by atoms with Crippen LogP contribution in [0.1, 0.15) is 19.5 Å². The van der Waals surface area contributed by atoms with Crippen LogP contribution in [-0.4, -0.2) is 21.9 Å². The van der Waals surface area contributed by atoms with Crippen molar-refractivity contribution in [2.75, 3.05) is 4.90 Å². The number of hydrogen-bond acceptors (Lipinski definition) is 4. The van der Waals surface area contributed by atoms with Gasteiger partial charge in [-0.15, -0.1) is 0 Å². The predicted octanol–water partition coefficient (Wildman–Crippen LogP) is 1.93. The van der Waals surface area contributed by atoms with Crippen molar-refractivity contribution in [3.8, 4) is 0 Å². The van der Waals surface area contributed by atoms with E-state index in [-0.39, 0.29) is 17.8 Å². The molecule has 0 saturated carbocycles. The Labute approximate surface area is 113 Å². The van der Waals surface area contributed by atoms with Gasteiger partial charge < -0.3 is 10.2 Å². The summed E-state index contributed by atoms with van der Waals surface area (Å²) in [6.45, 7) is 3.59. The second kappa shape index (κ2) is 5.10. The minimum atomic E-state index is -4.55. The van der Waals surface area contributed by atoms with E-state index in [1.54, 1.807) is 13.8 Å². The Kier molecular flexibility index (Phi) is 3.65. The quantitative estimate of drug-likeness (QED) is 0.902. The third kappa shape index (κ3) is 2.73. The Hall–Kier alpha value is -2.12. The molecule has 0 aromatic carbocycles. The van der Waals surface area contributed by atoms with E-state index in [1.165, 1.54) is 17.3 Å². The van der Waals surface area contributed by atoms with Gasteiger partial charge in [-0.3, -0.25) is 4.79 Å². The molecule has 8 heteroatoms. The normalized spacial score (nSPS) is 19.4. The van der Waals surface area contributed by atoms with Gasteiger partial charge in [-0.25, -0.2) is 9.97 Å². The molecule has 0 fully saturated rings. The first kappa shape index (κ1) is 14.3. The summed E-state index contributed by atoms with van der Waals surface area (Å²) >= 11 is 0. The molecule has 1 unspecified atom stereocenters. The highest BCUT2D eigenvalue weighted by molar-refractivity contribution is 5.87. The molecule has 1 aromatic rings. The van der Waals surface area contributed by atoms with Crippen molar-refractivity contribution in [1.29, 1.82) is 0 Å². The van der Waals surface area contributed by atoms with E-state index in [4.69, 9.17) is 0 Å². The second-order valence-electron chi connectivity index (χ2n) is 4.66. The van der Waals surface area contributed by atoms with E-state index in [0.717, 1.165) is 12.3 Å². The average molecular weight is 286 g/mol. The number of alkyl halides is 3. The smallest absolute Gasteiger partial charge is 0.329 e. The van der Waals surface area contributed by atoms with E-state index in [1.807, 2.05) is 0 Å². The number of carbonyl (C=O) groups is 1. The van der Waals surface area contributed by atoms with Gasteiger partial charge in [-0.2, -0.15) is 13.2 Å². The van der Waals surface area contributed by atoms with Crippen LogP contribution >= 0.6 is 0 Å². The highest BCUT2D eigenvalue weighted by Gasteiger charge is 2.35. The molecule has 1 atom stereocenters. The molecule has 1 amide bonds. The number of amides is 1. The molecule has 1 aliphatic heterocycles. The maximum atomic E-state index is 12.7. The summed E-state index contributed by atoms with van der Waals surface area (Å²) in [5.41, 5.74) is -1.04. The molecule has 0 spiro atoms. The topological polar surface area (TPSA) is 58.1 Å². The molecule has 1 N–H and O–H groups in total. The molecule has 2 rings (SSSR count). The fourth-order valence-corrected chi connectivity index (χ4v) is 1.95. The highest BCUT2D eigenvalue weighted by Crippen LogP contribution is 2.29. The third-order valence-corrected chi connectivity index (χ3v) is 2.82. The lowest BCUT2D eigenvalue weighted by molar-refractivity contribution is -0.141. The van der Waals surface area contributed by atoms with E-state index in [2.05, 4.69) is 15.3 Å². The summed E-state index contributed by atoms with van der Waals surface area (Å²) in [6, 6.07) is 0.144. The van der Waals surface area contributed by atoms with Gasteiger partial charge in [0.15, 0.2) is 0 Å². The van der Waals surface area contributed by atoms with Gasteiger partial charge in [0, 0.05) is 18.6 Å². The maximum absolute atomic E-state index is 12.7. The fraction of sp³-hybridized carbons (Fsp3) is 0.417. The molecule has 0 saturated heterocycles. The van der Waals surface area contributed by atoms with Crippen molar-refractivity contribution < 1.29 is 18.0 Å². The lowest BCUT2D eigenvalue weighted by atomic mass is 10.0. The second-order valence-corrected chi connectivity index (χ2v) is 4.66. The molecule has 1 aromatic heterocycles. The van der Waals surface area contributed by atoms with Crippen LogP contribution in [0.15, 0.2) is 24.7 Å². The molecule has 5 nitrogen and oxygen atoms in total. The Balaban J connectivity index is 2.41. The first-order valence-electron chi connectivity index (χ1n) is 5.96. The van der Waals surface area contributed by atoms with Crippen LogP contribution in [0.3, 0.4) is 0 Å². The largest absolute Gasteiger partial charge is 0.433 e. The molecule has 0 aliphatic carbocycles. The molecule has 0 radical (unpaired) electrons. The number of hydrogen-bond donors (Lipinski definition) is 1. The number of nitrogens with one attached hydrogen (secondary N) is 1. The van der Waals surface area contributed by atoms with E-state index >= 15 is 0 Å². The van der Waals surface area contributed by atoms with Crippen molar-refractivity contribution in [3.63, 3.8) is 0 Å². The van der Waals surface area contributed by atoms with Crippen LogP contribution in [0.5, 0.6) is 0 Å². The SMILES string of the molecule is CC(C)C1C(=O)NC=CN1c1nccc(C(F)(F)F)n1. The van der Waals surface area contributed by atoms with Gasteiger partial charge in [-0.05, 0) is 12.0 Å². The fourth-order valence-electron chi connectivity index (χ4n) is 1.95. The zero-order valence-electron chi connectivity index (χ0n) is 10.8. The summed E-state index contributed by atoms with van der Waals surface area (Å²) in [7, 11) is 0. The number of anilines is 1. The van der Waals surface area contributed by atoms with Gasteiger partial charge in [0.25, 0.3) is 0 Å². The number of rotatable bonds is 2. The van der Waals surface area contributed by atoms with E-state index < -0.39 is 17.9 Å². The molecular formula is C12H13F3N4O. The van der Waals surface area contributed by atoms with Gasteiger partial charge >= 0.3 is 6.18 Å². The van der Waals surface area contributed by atoms with Crippen LogP contribution in [-0.2, 0) is 11.0 Å². The highest BCUT2D eigenvalue weighted by atomic mass is 19.4. The van der Waals surface area contributed by atoms with E-state index in [0.29, 0.717) is 0 Å². The summed E-state index contributed by atoms with van der Waals surface area (Å²) in [6.07, 6.45) is -0.706. The number of aromatic nitrogens is 2. The first-order chi connectivity index (χ1) is 9.30. The number of nitrogens with zero attached hydrogens (tertiary/aromatic N) is 3. The summed E-state index contributed by atoms with van der Waals surface area (Å²) in [5.74, 6) is -0.564. The Morgan fingerprint density at radius 2 is 2.10 bits per heavy atom. The standard InChI is InChI=1S/C12H13F3N4O/c1-7(2)9-10(20)16-5-6-19(9)11-17-4-3-8(18-11)12(13,14)15/h3-7,9H,1-2H3,(H,16,20). The lowest BCUT2D eigenvalue weighted by Gasteiger charge is -2.33. The molecule has 20 heavy (non-hydrogen) atoms. The zero-order valence-corrected chi connectivity index (χ0v) is 10.8. The molecule has 1 aliphatic rings. The van der Waals surface area contributed by atoms with Crippen LogP contribution in [0.25, 0.3) is 0 Å². The molecular weight excluding hydrogens is 273 g/mol. The maximum Gasteiger partial charge on any atom is 0.433 e. The zero-order chi connectivity index (χ0) is 14.9. The minimum absolute atomic E-state index is 0.113. The number of halogens is 3. The van der Waals surface area contributed by atoms with Crippen LogP contribution < -0.4 is 10.2 Å². The van der Waals surface area contributed by atoms with Crippen LogP contribution in [0.4, 0.5) is 19.1 Å². The molecule has 0 bridgehead atoms. The van der Waals surface area contributed by atoms with Crippen molar-refractivity contribution >= 4 is 11.9 Å². The van der Waals surface area contributed by atoms with Crippen molar-refractivity contribution in [2.45, 2.75) is 26.1 Å². The van der Waals surface area contributed by atoms with Gasteiger partial charge in [0.2, 0.25) is 11.9 Å². The van der Waals surface area contributed by atoms with Crippen LogP contribution in [0.2, 0.25) is 0 Å². The summed E-state index contributed by atoms with van der Waals surface area (Å²) in [4.78, 5) is 20.5. The van der Waals surface area contributed by atoms with Gasteiger partial charge in [0.1, 0.15) is 11.7 Å². The monoisotopic (exact) mass is 286 g/mol. The Morgan fingerprint density at radius 1 is 1.40 bits per heavy atom. The van der Waals surface area contributed by atoms with Crippen molar-refractivity contribution in [3.05, 3.63) is 30.4 Å².